The van der Waals surface area contributed by atoms with Crippen LogP contribution >= 0.6 is 0 Å². The second-order valence-corrected chi connectivity index (χ2v) is 8.42. The van der Waals surface area contributed by atoms with Crippen LogP contribution in [0.1, 0.15) is 25.3 Å². The maximum Gasteiger partial charge on any atom is 0.270 e. The minimum atomic E-state index is -3.91. The number of nitro groups is 1. The van der Waals surface area contributed by atoms with E-state index in [1.165, 1.54) is 23.4 Å². The molecule has 10 nitrogen and oxygen atoms in total. The molecule has 1 heterocycles. The van der Waals surface area contributed by atoms with Crippen LogP contribution in [0.5, 0.6) is 0 Å². The van der Waals surface area contributed by atoms with Crippen molar-refractivity contribution in [2.75, 3.05) is 13.1 Å². The molecule has 0 bridgehead atoms. The summed E-state index contributed by atoms with van der Waals surface area (Å²) < 4.78 is 27.0. The molecule has 1 aromatic carbocycles. The summed E-state index contributed by atoms with van der Waals surface area (Å²) in [6, 6.07) is 2.91. The van der Waals surface area contributed by atoms with E-state index in [1.807, 2.05) is 0 Å². The summed E-state index contributed by atoms with van der Waals surface area (Å²) in [5, 5.41) is 13.4. The summed E-state index contributed by atoms with van der Waals surface area (Å²) in [4.78, 5) is 33.4. The first-order chi connectivity index (χ1) is 12.5. The Balaban J connectivity index is 2.11. The Bertz CT molecular complexity index is 862. The molecule has 1 aliphatic rings. The molecule has 2 amide bonds. The summed E-state index contributed by atoms with van der Waals surface area (Å²) in [6.07, 6.45) is 0.565. The van der Waals surface area contributed by atoms with Gasteiger partial charge in [0.25, 0.3) is 5.69 Å². The van der Waals surface area contributed by atoms with Crippen molar-refractivity contribution in [3.05, 3.63) is 33.9 Å². The van der Waals surface area contributed by atoms with Crippen LogP contribution in [-0.4, -0.2) is 48.6 Å². The Morgan fingerprint density at radius 2 is 1.93 bits per heavy atom. The van der Waals surface area contributed by atoms with Crippen LogP contribution in [0.15, 0.2) is 23.1 Å². The summed E-state index contributed by atoms with van der Waals surface area (Å²) >= 11 is 0. The second kappa shape index (κ2) is 8.01. The number of hydrogen-bond acceptors (Lipinski definition) is 6. The predicted molar refractivity (Wildman–Crippen MR) is 96.1 cm³/mol. The predicted octanol–water partition coefficient (Wildman–Crippen LogP) is 0.294. The summed E-state index contributed by atoms with van der Waals surface area (Å²) in [7, 11) is -3.91. The molecule has 1 saturated heterocycles. The number of rotatable bonds is 6. The number of carbonyl (C=O) groups excluding carboxylic acids is 2. The average molecular weight is 398 g/mol. The second-order valence-electron chi connectivity index (χ2n) is 6.52. The number of aryl methyl sites for hydroxylation is 1. The van der Waals surface area contributed by atoms with E-state index < -0.39 is 32.8 Å². The SMILES string of the molecule is Cc1ccc([N+](=O)[O-])cc1S(=O)(=O)N1CCC(C(=O)N[C@H](C)C(N)=O)CC1. The lowest BCUT2D eigenvalue weighted by Crippen LogP contribution is -2.48. The highest BCUT2D eigenvalue weighted by Gasteiger charge is 2.34. The molecular formula is C16H22N4O6S. The summed E-state index contributed by atoms with van der Waals surface area (Å²) in [6.45, 7) is 3.26. The van der Waals surface area contributed by atoms with Crippen LogP contribution in [0, 0.1) is 23.0 Å². The van der Waals surface area contributed by atoms with Crippen LogP contribution in [0.3, 0.4) is 0 Å². The van der Waals surface area contributed by atoms with Gasteiger partial charge < -0.3 is 11.1 Å². The first kappa shape index (κ1) is 20.8. The molecule has 0 saturated carbocycles. The zero-order chi connectivity index (χ0) is 20.4. The fourth-order valence-corrected chi connectivity index (χ4v) is 4.59. The van der Waals surface area contributed by atoms with Gasteiger partial charge in [0.2, 0.25) is 21.8 Å². The molecule has 1 atom stereocenters. The van der Waals surface area contributed by atoms with Gasteiger partial charge in [-0.15, -0.1) is 0 Å². The fourth-order valence-electron chi connectivity index (χ4n) is 2.88. The number of nitrogens with one attached hydrogen (secondary N) is 1. The number of amides is 2. The van der Waals surface area contributed by atoms with E-state index in [9.17, 15) is 28.1 Å². The maximum absolute atomic E-state index is 12.9. The monoisotopic (exact) mass is 398 g/mol. The van der Waals surface area contributed by atoms with Crippen LogP contribution in [-0.2, 0) is 19.6 Å². The molecule has 1 fully saturated rings. The highest BCUT2D eigenvalue weighted by molar-refractivity contribution is 7.89. The Morgan fingerprint density at radius 3 is 2.44 bits per heavy atom. The molecule has 0 radical (unpaired) electrons. The van der Waals surface area contributed by atoms with E-state index in [-0.39, 0.29) is 42.4 Å². The van der Waals surface area contributed by atoms with E-state index >= 15 is 0 Å². The van der Waals surface area contributed by atoms with Crippen molar-refractivity contribution in [1.82, 2.24) is 9.62 Å². The molecule has 2 rings (SSSR count). The minimum absolute atomic E-state index is 0.105. The first-order valence-electron chi connectivity index (χ1n) is 8.39. The van der Waals surface area contributed by atoms with Crippen molar-refractivity contribution in [3.63, 3.8) is 0 Å². The zero-order valence-electron chi connectivity index (χ0n) is 15.0. The number of hydrogen-bond donors (Lipinski definition) is 2. The Hall–Kier alpha value is -2.53. The standard InChI is InChI=1S/C16H22N4O6S/c1-10-3-4-13(20(23)24)9-14(10)27(25,26)19-7-5-12(6-8-19)16(22)18-11(2)15(17)21/h3-4,9,11-12H,5-8H2,1-2H3,(H2,17,21)(H,18,22)/t11-/m1/s1. The molecule has 0 aromatic heterocycles. The van der Waals surface area contributed by atoms with Gasteiger partial charge in [0.05, 0.1) is 9.82 Å². The molecule has 1 aliphatic heterocycles. The van der Waals surface area contributed by atoms with Crippen LogP contribution in [0.4, 0.5) is 5.69 Å². The normalized spacial score (nSPS) is 17.3. The van der Waals surface area contributed by atoms with E-state index in [2.05, 4.69) is 5.32 Å². The fraction of sp³-hybridized carbons (Fsp3) is 0.500. The first-order valence-corrected chi connectivity index (χ1v) is 9.83. The van der Waals surface area contributed by atoms with Gasteiger partial charge >= 0.3 is 0 Å². The molecule has 3 N–H and O–H groups in total. The highest BCUT2D eigenvalue weighted by atomic mass is 32.2. The van der Waals surface area contributed by atoms with Crippen molar-refractivity contribution in [1.29, 1.82) is 0 Å². The molecule has 0 unspecified atom stereocenters. The minimum Gasteiger partial charge on any atom is -0.368 e. The van der Waals surface area contributed by atoms with Crippen LogP contribution in [0.25, 0.3) is 0 Å². The van der Waals surface area contributed by atoms with Gasteiger partial charge in [-0.2, -0.15) is 4.31 Å². The third-order valence-corrected chi connectivity index (χ3v) is 6.65. The van der Waals surface area contributed by atoms with Crippen molar-refractivity contribution in [3.8, 4) is 0 Å². The molecule has 27 heavy (non-hydrogen) atoms. The summed E-state index contributed by atoms with van der Waals surface area (Å²) in [5.74, 6) is -1.42. The van der Waals surface area contributed by atoms with Crippen LogP contribution < -0.4 is 11.1 Å². The highest BCUT2D eigenvalue weighted by Crippen LogP contribution is 2.28. The summed E-state index contributed by atoms with van der Waals surface area (Å²) in [5.41, 5.74) is 5.23. The molecule has 1 aromatic rings. The number of piperidine rings is 1. The van der Waals surface area contributed by atoms with Crippen molar-refractivity contribution in [2.24, 2.45) is 11.7 Å². The van der Waals surface area contributed by atoms with Gasteiger partial charge in [0.1, 0.15) is 6.04 Å². The van der Waals surface area contributed by atoms with E-state index in [1.54, 1.807) is 6.92 Å². The van der Waals surface area contributed by atoms with Gasteiger partial charge in [-0.25, -0.2) is 8.42 Å². The number of nitro benzene ring substituents is 1. The van der Waals surface area contributed by atoms with Gasteiger partial charge in [-0.3, -0.25) is 19.7 Å². The molecule has 148 valence electrons. The smallest absolute Gasteiger partial charge is 0.270 e. The number of non-ortho nitro benzene ring substituents is 1. The van der Waals surface area contributed by atoms with E-state index in [4.69, 9.17) is 5.73 Å². The third-order valence-electron chi connectivity index (χ3n) is 4.61. The Labute approximate surface area is 156 Å². The van der Waals surface area contributed by atoms with Crippen molar-refractivity contribution >= 4 is 27.5 Å². The van der Waals surface area contributed by atoms with E-state index in [0.717, 1.165) is 6.07 Å². The maximum atomic E-state index is 12.9. The molecule has 0 spiro atoms. The number of sulfonamides is 1. The van der Waals surface area contributed by atoms with Crippen molar-refractivity contribution < 1.29 is 22.9 Å². The topological polar surface area (TPSA) is 153 Å². The molecule has 11 heteroatoms. The molecular weight excluding hydrogens is 376 g/mol. The zero-order valence-corrected chi connectivity index (χ0v) is 15.9. The lowest BCUT2D eigenvalue weighted by atomic mass is 9.97. The largest absolute Gasteiger partial charge is 0.368 e. The number of carbonyl (C=O) groups is 2. The van der Waals surface area contributed by atoms with Crippen molar-refractivity contribution in [2.45, 2.75) is 37.6 Å². The van der Waals surface area contributed by atoms with Gasteiger partial charge in [-0.05, 0) is 32.3 Å². The van der Waals surface area contributed by atoms with Gasteiger partial charge in [0, 0.05) is 31.1 Å². The lowest BCUT2D eigenvalue weighted by Gasteiger charge is -2.31. The number of nitrogens with two attached hydrogens (primary N) is 1. The number of benzene rings is 1. The number of primary amides is 1. The molecule has 0 aliphatic carbocycles. The van der Waals surface area contributed by atoms with Crippen LogP contribution in [0.2, 0.25) is 0 Å². The Morgan fingerprint density at radius 1 is 1.33 bits per heavy atom. The average Bonchev–Trinajstić information content (AvgIpc) is 2.61. The Kier molecular flexibility index (Phi) is 6.16. The van der Waals surface area contributed by atoms with Gasteiger partial charge in [0.15, 0.2) is 0 Å². The third kappa shape index (κ3) is 4.61. The van der Waals surface area contributed by atoms with Gasteiger partial charge in [-0.1, -0.05) is 6.07 Å². The lowest BCUT2D eigenvalue weighted by molar-refractivity contribution is -0.385. The van der Waals surface area contributed by atoms with E-state index in [0.29, 0.717) is 5.56 Å². The number of nitrogens with zero attached hydrogens (tertiary/aromatic N) is 2. The quantitative estimate of drug-likeness (QED) is 0.519.